The summed E-state index contributed by atoms with van der Waals surface area (Å²) in [6, 6.07) is 12.8. The molecule has 1 amide bonds. The molecule has 31 heavy (non-hydrogen) atoms. The highest BCUT2D eigenvalue weighted by Gasteiger charge is 2.14. The Morgan fingerprint density at radius 3 is 2.77 bits per heavy atom. The van der Waals surface area contributed by atoms with Gasteiger partial charge in [-0.1, -0.05) is 12.1 Å². The first-order valence-electron chi connectivity index (χ1n) is 9.81. The minimum absolute atomic E-state index is 0.00687. The summed E-state index contributed by atoms with van der Waals surface area (Å²) in [7, 11) is 1.54. The number of carbonyl (C=O) groups excluding carboxylic acids is 1. The number of nitriles is 1. The van der Waals surface area contributed by atoms with Crippen molar-refractivity contribution >= 4 is 12.0 Å². The smallest absolute Gasteiger partial charge is 0.262 e. The van der Waals surface area contributed by atoms with Crippen LogP contribution in [0.1, 0.15) is 18.1 Å². The highest BCUT2D eigenvalue weighted by Crippen LogP contribution is 2.34. The van der Waals surface area contributed by atoms with Crippen LogP contribution in [0.25, 0.3) is 6.08 Å². The highest BCUT2D eigenvalue weighted by atomic mass is 16.7. The lowest BCUT2D eigenvalue weighted by Gasteiger charge is -2.13. The van der Waals surface area contributed by atoms with Crippen molar-refractivity contribution in [2.24, 2.45) is 0 Å². The van der Waals surface area contributed by atoms with Crippen LogP contribution >= 0.6 is 0 Å². The standard InChI is InChI=1S/C23H24N2O6/c1-3-28-21-11-16(10-18(13-24)23(26)25-8-9-27-2)4-6-19(21)29-14-17-5-7-20-22(12-17)31-15-30-20/h4-7,10-12H,3,8-9,14-15H2,1-2H3,(H,25,26). The van der Waals surface area contributed by atoms with Crippen molar-refractivity contribution in [2.45, 2.75) is 13.5 Å². The third-order valence-electron chi connectivity index (χ3n) is 4.37. The van der Waals surface area contributed by atoms with E-state index in [1.54, 1.807) is 25.3 Å². The second-order valence-corrected chi connectivity index (χ2v) is 6.53. The molecule has 1 N–H and O–H groups in total. The van der Waals surface area contributed by atoms with E-state index in [0.717, 1.165) is 11.3 Å². The zero-order chi connectivity index (χ0) is 22.1. The summed E-state index contributed by atoms with van der Waals surface area (Å²) in [5.41, 5.74) is 1.57. The molecule has 0 fully saturated rings. The third kappa shape index (κ3) is 5.90. The molecule has 0 saturated carbocycles. The summed E-state index contributed by atoms with van der Waals surface area (Å²) in [5, 5.41) is 12.0. The molecule has 0 unspecified atom stereocenters. The van der Waals surface area contributed by atoms with Gasteiger partial charge < -0.3 is 29.0 Å². The maximum Gasteiger partial charge on any atom is 0.262 e. The lowest BCUT2D eigenvalue weighted by Crippen LogP contribution is -2.27. The molecule has 2 aromatic carbocycles. The van der Waals surface area contributed by atoms with Crippen molar-refractivity contribution in [2.75, 3.05) is 33.7 Å². The predicted molar refractivity (Wildman–Crippen MR) is 113 cm³/mol. The predicted octanol–water partition coefficient (Wildman–Crippen LogP) is 3.06. The van der Waals surface area contributed by atoms with Crippen LogP contribution in [0, 0.1) is 11.3 Å². The second-order valence-electron chi connectivity index (χ2n) is 6.53. The Morgan fingerprint density at radius 2 is 2.00 bits per heavy atom. The number of fused-ring (bicyclic) bond motifs is 1. The fourth-order valence-corrected chi connectivity index (χ4v) is 2.87. The molecule has 1 aliphatic heterocycles. The monoisotopic (exact) mass is 424 g/mol. The van der Waals surface area contributed by atoms with Crippen LogP contribution in [-0.2, 0) is 16.1 Å². The van der Waals surface area contributed by atoms with Crippen LogP contribution in [0.3, 0.4) is 0 Å². The molecule has 8 heteroatoms. The summed E-state index contributed by atoms with van der Waals surface area (Å²) in [5.74, 6) is 2.03. The van der Waals surface area contributed by atoms with Gasteiger partial charge in [-0.3, -0.25) is 4.79 Å². The summed E-state index contributed by atoms with van der Waals surface area (Å²) in [6.45, 7) is 3.54. The van der Waals surface area contributed by atoms with Crippen LogP contribution in [-0.4, -0.2) is 39.6 Å². The van der Waals surface area contributed by atoms with Gasteiger partial charge in [-0.25, -0.2) is 0 Å². The number of rotatable bonds is 10. The number of methoxy groups -OCH3 is 1. The topological polar surface area (TPSA) is 99.0 Å². The Hall–Kier alpha value is -3.70. The Bertz CT molecular complexity index is 996. The van der Waals surface area contributed by atoms with Gasteiger partial charge in [0.2, 0.25) is 6.79 Å². The third-order valence-corrected chi connectivity index (χ3v) is 4.37. The number of carbonyl (C=O) groups is 1. The fourth-order valence-electron chi connectivity index (χ4n) is 2.87. The van der Waals surface area contributed by atoms with Crippen LogP contribution in [0.15, 0.2) is 42.0 Å². The van der Waals surface area contributed by atoms with Gasteiger partial charge in [-0.05, 0) is 48.4 Å². The van der Waals surface area contributed by atoms with Crippen LogP contribution in [0.5, 0.6) is 23.0 Å². The maximum absolute atomic E-state index is 12.1. The van der Waals surface area contributed by atoms with E-state index in [2.05, 4.69) is 5.32 Å². The molecule has 8 nitrogen and oxygen atoms in total. The van der Waals surface area contributed by atoms with Gasteiger partial charge >= 0.3 is 0 Å². The zero-order valence-corrected chi connectivity index (χ0v) is 17.5. The van der Waals surface area contributed by atoms with E-state index in [0.29, 0.717) is 49.2 Å². The molecule has 162 valence electrons. The van der Waals surface area contributed by atoms with E-state index in [-0.39, 0.29) is 12.4 Å². The first kappa shape index (κ1) is 22.0. The minimum Gasteiger partial charge on any atom is -0.490 e. The Labute approximate surface area is 180 Å². The SMILES string of the molecule is CCOc1cc(C=C(C#N)C(=O)NCCOC)ccc1OCc1ccc2c(c1)OCO2. The molecule has 0 aromatic heterocycles. The van der Waals surface area contributed by atoms with Crippen LogP contribution in [0.4, 0.5) is 0 Å². The van der Waals surface area contributed by atoms with Gasteiger partial charge in [-0.15, -0.1) is 0 Å². The summed E-state index contributed by atoms with van der Waals surface area (Å²) >= 11 is 0. The van der Waals surface area contributed by atoms with Gasteiger partial charge in [-0.2, -0.15) is 5.26 Å². The van der Waals surface area contributed by atoms with Crippen molar-refractivity contribution < 1.29 is 28.5 Å². The first-order chi connectivity index (χ1) is 15.1. The number of benzene rings is 2. The Kier molecular flexibility index (Phi) is 7.73. The molecule has 0 spiro atoms. The van der Waals surface area contributed by atoms with Crippen molar-refractivity contribution in [3.8, 4) is 29.1 Å². The molecule has 0 bridgehead atoms. The number of ether oxygens (including phenoxy) is 5. The van der Waals surface area contributed by atoms with Gasteiger partial charge in [0, 0.05) is 13.7 Å². The van der Waals surface area contributed by atoms with Crippen LogP contribution < -0.4 is 24.3 Å². The van der Waals surface area contributed by atoms with Gasteiger partial charge in [0.25, 0.3) is 5.91 Å². The molecular formula is C23H24N2O6. The fraction of sp³-hybridized carbons (Fsp3) is 0.304. The van der Waals surface area contributed by atoms with Crippen molar-refractivity contribution in [1.29, 1.82) is 5.26 Å². The number of nitrogens with one attached hydrogen (secondary N) is 1. The molecule has 0 atom stereocenters. The van der Waals surface area contributed by atoms with E-state index in [1.807, 2.05) is 31.2 Å². The van der Waals surface area contributed by atoms with Crippen molar-refractivity contribution in [3.63, 3.8) is 0 Å². The lowest BCUT2D eigenvalue weighted by atomic mass is 10.1. The molecule has 3 rings (SSSR count). The Balaban J connectivity index is 1.72. The van der Waals surface area contributed by atoms with E-state index in [4.69, 9.17) is 23.7 Å². The summed E-state index contributed by atoms with van der Waals surface area (Å²) in [4.78, 5) is 12.1. The second kappa shape index (κ2) is 10.9. The molecule has 1 aliphatic rings. The molecule has 2 aromatic rings. The number of hydrogen-bond acceptors (Lipinski definition) is 7. The van der Waals surface area contributed by atoms with Gasteiger partial charge in [0.05, 0.1) is 13.2 Å². The molecular weight excluding hydrogens is 400 g/mol. The largest absolute Gasteiger partial charge is 0.490 e. The molecule has 1 heterocycles. The molecule has 0 radical (unpaired) electrons. The summed E-state index contributed by atoms with van der Waals surface area (Å²) in [6.07, 6.45) is 1.51. The average molecular weight is 424 g/mol. The zero-order valence-electron chi connectivity index (χ0n) is 17.5. The van der Waals surface area contributed by atoms with Gasteiger partial charge in [0.15, 0.2) is 23.0 Å². The summed E-state index contributed by atoms with van der Waals surface area (Å²) < 4.78 is 27.2. The van der Waals surface area contributed by atoms with Crippen molar-refractivity contribution in [1.82, 2.24) is 5.32 Å². The quantitative estimate of drug-likeness (QED) is 0.355. The lowest BCUT2D eigenvalue weighted by molar-refractivity contribution is -0.117. The number of amides is 1. The van der Waals surface area contributed by atoms with E-state index >= 15 is 0 Å². The van der Waals surface area contributed by atoms with Gasteiger partial charge in [0.1, 0.15) is 18.2 Å². The Morgan fingerprint density at radius 1 is 1.16 bits per heavy atom. The number of nitrogens with zero attached hydrogens (tertiary/aromatic N) is 1. The minimum atomic E-state index is -0.458. The first-order valence-corrected chi connectivity index (χ1v) is 9.81. The molecule has 0 aliphatic carbocycles. The van der Waals surface area contributed by atoms with Crippen molar-refractivity contribution in [3.05, 3.63) is 53.1 Å². The number of hydrogen-bond donors (Lipinski definition) is 1. The van der Waals surface area contributed by atoms with Crippen LogP contribution in [0.2, 0.25) is 0 Å². The maximum atomic E-state index is 12.1. The molecule has 0 saturated heterocycles. The van der Waals surface area contributed by atoms with E-state index < -0.39 is 5.91 Å². The van der Waals surface area contributed by atoms with E-state index in [1.165, 1.54) is 6.08 Å². The highest BCUT2D eigenvalue weighted by molar-refractivity contribution is 6.01. The van der Waals surface area contributed by atoms with E-state index in [9.17, 15) is 10.1 Å². The normalized spacial score (nSPS) is 12.2. The average Bonchev–Trinajstić information content (AvgIpc) is 3.25.